The molecule has 1 N–H and O–H groups in total. The predicted molar refractivity (Wildman–Crippen MR) is 49.1 cm³/mol. The molecular formula is C10H16N2O. The summed E-state index contributed by atoms with van der Waals surface area (Å²) in [6, 6.07) is 3.34. The Morgan fingerprint density at radius 3 is 2.62 bits per heavy atom. The standard InChI is InChI=1S/C10H16N2O/c11-5-8-3-1-2-4-10(8)12-9-6-13-7-9/h8-10,12H,1-4,6-7H2. The summed E-state index contributed by atoms with van der Waals surface area (Å²) in [5.74, 6) is 0.231. The molecule has 2 unspecified atom stereocenters. The van der Waals surface area contributed by atoms with Crippen LogP contribution >= 0.6 is 0 Å². The van der Waals surface area contributed by atoms with Gasteiger partial charge in [0.25, 0.3) is 0 Å². The second kappa shape index (κ2) is 4.08. The summed E-state index contributed by atoms with van der Waals surface area (Å²) >= 11 is 0. The van der Waals surface area contributed by atoms with Crippen LogP contribution in [0.2, 0.25) is 0 Å². The molecular weight excluding hydrogens is 164 g/mol. The van der Waals surface area contributed by atoms with Gasteiger partial charge in [0.15, 0.2) is 0 Å². The molecule has 1 aliphatic heterocycles. The van der Waals surface area contributed by atoms with Gasteiger partial charge in [0.1, 0.15) is 0 Å². The highest BCUT2D eigenvalue weighted by atomic mass is 16.5. The first-order chi connectivity index (χ1) is 6.40. The first kappa shape index (κ1) is 8.98. The highest BCUT2D eigenvalue weighted by molar-refractivity contribution is 4.96. The minimum atomic E-state index is 0.231. The normalized spacial score (nSPS) is 35.0. The average molecular weight is 180 g/mol. The van der Waals surface area contributed by atoms with E-state index < -0.39 is 0 Å². The van der Waals surface area contributed by atoms with Crippen LogP contribution in [0.1, 0.15) is 25.7 Å². The number of hydrogen-bond acceptors (Lipinski definition) is 3. The lowest BCUT2D eigenvalue weighted by atomic mass is 9.85. The fraction of sp³-hybridized carbons (Fsp3) is 0.900. The van der Waals surface area contributed by atoms with E-state index >= 15 is 0 Å². The Hall–Kier alpha value is -0.590. The summed E-state index contributed by atoms with van der Waals surface area (Å²) in [6.45, 7) is 1.66. The molecule has 3 nitrogen and oxygen atoms in total. The molecule has 2 atom stereocenters. The van der Waals surface area contributed by atoms with E-state index in [-0.39, 0.29) is 5.92 Å². The van der Waals surface area contributed by atoms with Crippen molar-refractivity contribution < 1.29 is 4.74 Å². The fourth-order valence-corrected chi connectivity index (χ4v) is 2.12. The molecule has 2 aliphatic rings. The van der Waals surface area contributed by atoms with E-state index in [2.05, 4.69) is 11.4 Å². The molecule has 72 valence electrons. The number of nitrogens with one attached hydrogen (secondary N) is 1. The molecule has 1 heterocycles. The average Bonchev–Trinajstić information content (AvgIpc) is 2.12. The summed E-state index contributed by atoms with van der Waals surface area (Å²) in [7, 11) is 0. The Morgan fingerprint density at radius 1 is 1.23 bits per heavy atom. The molecule has 0 aromatic carbocycles. The molecule has 0 aromatic heterocycles. The third-order valence-corrected chi connectivity index (χ3v) is 3.02. The van der Waals surface area contributed by atoms with Crippen molar-refractivity contribution in [2.24, 2.45) is 5.92 Å². The van der Waals surface area contributed by atoms with E-state index in [0.29, 0.717) is 12.1 Å². The van der Waals surface area contributed by atoms with Crippen LogP contribution in [-0.4, -0.2) is 25.3 Å². The summed E-state index contributed by atoms with van der Waals surface area (Å²) in [6.07, 6.45) is 4.72. The van der Waals surface area contributed by atoms with Gasteiger partial charge in [0.2, 0.25) is 0 Å². The zero-order chi connectivity index (χ0) is 9.10. The molecule has 0 aromatic rings. The van der Waals surface area contributed by atoms with Crippen LogP contribution in [-0.2, 0) is 4.74 Å². The van der Waals surface area contributed by atoms with Crippen molar-refractivity contribution in [3.63, 3.8) is 0 Å². The quantitative estimate of drug-likeness (QED) is 0.691. The van der Waals surface area contributed by atoms with Crippen LogP contribution in [0.15, 0.2) is 0 Å². The molecule has 2 rings (SSSR count). The number of rotatable bonds is 2. The second-order valence-electron chi connectivity index (χ2n) is 4.03. The molecule has 1 saturated heterocycles. The van der Waals surface area contributed by atoms with Crippen LogP contribution in [0.25, 0.3) is 0 Å². The lowest BCUT2D eigenvalue weighted by molar-refractivity contribution is -0.0139. The van der Waals surface area contributed by atoms with Gasteiger partial charge >= 0.3 is 0 Å². The van der Waals surface area contributed by atoms with Crippen molar-refractivity contribution in [3.05, 3.63) is 0 Å². The zero-order valence-corrected chi connectivity index (χ0v) is 7.83. The van der Waals surface area contributed by atoms with E-state index in [4.69, 9.17) is 10.00 Å². The van der Waals surface area contributed by atoms with Crippen molar-refractivity contribution in [1.82, 2.24) is 5.32 Å². The lowest BCUT2D eigenvalue weighted by Crippen LogP contribution is -2.53. The maximum Gasteiger partial charge on any atom is 0.0672 e. The fourth-order valence-electron chi connectivity index (χ4n) is 2.12. The maximum atomic E-state index is 8.94. The molecule has 0 bridgehead atoms. The second-order valence-corrected chi connectivity index (χ2v) is 4.03. The molecule has 0 amide bonds. The van der Waals surface area contributed by atoms with E-state index in [0.717, 1.165) is 26.1 Å². The van der Waals surface area contributed by atoms with Gasteiger partial charge < -0.3 is 10.1 Å². The van der Waals surface area contributed by atoms with Crippen LogP contribution in [0.3, 0.4) is 0 Å². The lowest BCUT2D eigenvalue weighted by Gasteiger charge is -2.35. The van der Waals surface area contributed by atoms with E-state index in [1.165, 1.54) is 12.8 Å². The third-order valence-electron chi connectivity index (χ3n) is 3.02. The van der Waals surface area contributed by atoms with Crippen LogP contribution in [0, 0.1) is 17.2 Å². The smallest absolute Gasteiger partial charge is 0.0672 e. The topological polar surface area (TPSA) is 45.0 Å². The van der Waals surface area contributed by atoms with E-state index in [1.54, 1.807) is 0 Å². The molecule has 0 spiro atoms. The SMILES string of the molecule is N#CC1CCCCC1NC1COC1. The van der Waals surface area contributed by atoms with Crippen LogP contribution in [0.5, 0.6) is 0 Å². The van der Waals surface area contributed by atoms with Gasteiger partial charge in [-0.2, -0.15) is 5.26 Å². The van der Waals surface area contributed by atoms with Crippen molar-refractivity contribution in [2.75, 3.05) is 13.2 Å². The molecule has 1 aliphatic carbocycles. The largest absolute Gasteiger partial charge is 0.378 e. The summed E-state index contributed by atoms with van der Waals surface area (Å²) in [4.78, 5) is 0. The van der Waals surface area contributed by atoms with Gasteiger partial charge in [-0.3, -0.25) is 0 Å². The molecule has 2 fully saturated rings. The highest BCUT2D eigenvalue weighted by Gasteiger charge is 2.29. The Balaban J connectivity index is 1.83. The van der Waals surface area contributed by atoms with Crippen LogP contribution < -0.4 is 5.32 Å². The van der Waals surface area contributed by atoms with Gasteiger partial charge in [0.05, 0.1) is 31.2 Å². The molecule has 0 radical (unpaired) electrons. The van der Waals surface area contributed by atoms with Crippen LogP contribution in [0.4, 0.5) is 0 Å². The summed E-state index contributed by atoms with van der Waals surface area (Å²) < 4.78 is 5.10. The van der Waals surface area contributed by atoms with Crippen molar-refractivity contribution in [3.8, 4) is 6.07 Å². The molecule has 1 saturated carbocycles. The first-order valence-corrected chi connectivity index (χ1v) is 5.13. The number of nitriles is 1. The van der Waals surface area contributed by atoms with Gasteiger partial charge in [-0.25, -0.2) is 0 Å². The molecule has 13 heavy (non-hydrogen) atoms. The van der Waals surface area contributed by atoms with Gasteiger partial charge in [-0.05, 0) is 12.8 Å². The Kier molecular flexibility index (Phi) is 2.82. The minimum absolute atomic E-state index is 0.231. The summed E-state index contributed by atoms with van der Waals surface area (Å²) in [5.41, 5.74) is 0. The van der Waals surface area contributed by atoms with E-state index in [1.807, 2.05) is 0 Å². The highest BCUT2D eigenvalue weighted by Crippen LogP contribution is 2.24. The van der Waals surface area contributed by atoms with Crippen molar-refractivity contribution in [1.29, 1.82) is 5.26 Å². The number of hydrogen-bond donors (Lipinski definition) is 1. The number of nitrogens with zero attached hydrogens (tertiary/aromatic N) is 1. The first-order valence-electron chi connectivity index (χ1n) is 5.13. The van der Waals surface area contributed by atoms with Crippen molar-refractivity contribution in [2.45, 2.75) is 37.8 Å². The summed E-state index contributed by atoms with van der Waals surface area (Å²) in [5, 5.41) is 12.5. The van der Waals surface area contributed by atoms with Gasteiger partial charge in [-0.1, -0.05) is 12.8 Å². The molecule has 3 heteroatoms. The third kappa shape index (κ3) is 2.01. The number of ether oxygens (including phenoxy) is 1. The maximum absolute atomic E-state index is 8.94. The zero-order valence-electron chi connectivity index (χ0n) is 7.83. The van der Waals surface area contributed by atoms with E-state index in [9.17, 15) is 0 Å². The Labute approximate surface area is 79.1 Å². The van der Waals surface area contributed by atoms with Crippen molar-refractivity contribution >= 4 is 0 Å². The monoisotopic (exact) mass is 180 g/mol. The predicted octanol–water partition coefficient (Wildman–Crippen LogP) is 1.06. The Bertz CT molecular complexity index is 207. The van der Waals surface area contributed by atoms with Gasteiger partial charge in [0, 0.05) is 6.04 Å². The minimum Gasteiger partial charge on any atom is -0.378 e. The Morgan fingerprint density at radius 2 is 2.00 bits per heavy atom. The van der Waals surface area contributed by atoms with Gasteiger partial charge in [-0.15, -0.1) is 0 Å².